The maximum Gasteiger partial charge on any atom is 0.214 e. The van der Waals surface area contributed by atoms with E-state index in [0.29, 0.717) is 11.8 Å². The molecule has 98 valence electrons. The molecule has 0 aliphatic heterocycles. The highest BCUT2D eigenvalue weighted by Gasteiger charge is 2.14. The summed E-state index contributed by atoms with van der Waals surface area (Å²) in [5, 5.41) is 2.52. The second-order valence-corrected chi connectivity index (χ2v) is 4.41. The zero-order valence-corrected chi connectivity index (χ0v) is 11.2. The molecule has 4 nitrogen and oxygen atoms in total. The average Bonchev–Trinajstić information content (AvgIpc) is 2.76. The molecule has 0 spiro atoms. The van der Waals surface area contributed by atoms with Gasteiger partial charge in [0.2, 0.25) is 6.79 Å². The van der Waals surface area contributed by atoms with Crippen LogP contribution in [0.1, 0.15) is 6.92 Å². The molecule has 0 unspecified atom stereocenters. The number of hydrogen-bond acceptors (Lipinski definition) is 3. The van der Waals surface area contributed by atoms with Crippen LogP contribution in [-0.4, -0.2) is 23.1 Å². The molecule has 3 aromatic rings. The van der Waals surface area contributed by atoms with Crippen LogP contribution in [0.4, 0.5) is 0 Å². The molecular formula is C14H13ClN2O2. The minimum absolute atomic E-state index is 0.176. The van der Waals surface area contributed by atoms with Crippen LogP contribution in [0.3, 0.4) is 0 Å². The molecule has 19 heavy (non-hydrogen) atoms. The van der Waals surface area contributed by atoms with Crippen molar-refractivity contribution in [2.75, 3.05) is 13.4 Å². The molecule has 0 aliphatic rings. The number of fused-ring (bicyclic) bond motifs is 3. The summed E-state index contributed by atoms with van der Waals surface area (Å²) >= 11 is 6.19. The van der Waals surface area contributed by atoms with Crippen molar-refractivity contribution in [2.45, 2.75) is 6.92 Å². The number of benzene rings is 1. The van der Waals surface area contributed by atoms with Crippen LogP contribution in [0.15, 0.2) is 36.5 Å². The summed E-state index contributed by atoms with van der Waals surface area (Å²) in [4.78, 5) is 9.78. The lowest BCUT2D eigenvalue weighted by Gasteiger charge is -2.09. The minimum Gasteiger partial charge on any atom is -0.384 e. The molecule has 0 bridgehead atoms. The summed E-state index contributed by atoms with van der Waals surface area (Å²) in [6, 6.07) is 9.91. The third-order valence-corrected chi connectivity index (χ3v) is 3.24. The van der Waals surface area contributed by atoms with Crippen LogP contribution < -0.4 is 4.84 Å². The number of para-hydroxylation sites is 1. The highest BCUT2D eigenvalue weighted by Crippen LogP contribution is 2.31. The molecule has 0 radical (unpaired) electrons. The van der Waals surface area contributed by atoms with Gasteiger partial charge in [0.1, 0.15) is 5.52 Å². The van der Waals surface area contributed by atoms with Gasteiger partial charge in [-0.05, 0) is 19.1 Å². The highest BCUT2D eigenvalue weighted by molar-refractivity contribution is 6.35. The van der Waals surface area contributed by atoms with Gasteiger partial charge in [-0.2, -0.15) is 4.73 Å². The number of hydrogen-bond donors (Lipinski definition) is 0. The molecular weight excluding hydrogens is 264 g/mol. The first-order chi connectivity index (χ1) is 9.33. The van der Waals surface area contributed by atoms with Gasteiger partial charge in [-0.25, -0.2) is 4.98 Å². The molecule has 0 atom stereocenters. The maximum absolute atomic E-state index is 6.19. The van der Waals surface area contributed by atoms with Gasteiger partial charge in [-0.15, -0.1) is 0 Å². The zero-order valence-electron chi connectivity index (χ0n) is 10.5. The molecule has 1 aromatic carbocycles. The van der Waals surface area contributed by atoms with E-state index >= 15 is 0 Å². The van der Waals surface area contributed by atoms with Crippen LogP contribution >= 0.6 is 11.6 Å². The van der Waals surface area contributed by atoms with Crippen molar-refractivity contribution in [1.82, 2.24) is 9.71 Å². The van der Waals surface area contributed by atoms with Crippen molar-refractivity contribution in [2.24, 2.45) is 0 Å². The van der Waals surface area contributed by atoms with E-state index in [-0.39, 0.29) is 6.79 Å². The SMILES string of the molecule is CCOCOn1c2ccccc2c2ccnc(Cl)c21. The van der Waals surface area contributed by atoms with E-state index in [4.69, 9.17) is 21.2 Å². The van der Waals surface area contributed by atoms with E-state index < -0.39 is 0 Å². The Labute approximate surface area is 115 Å². The number of aromatic nitrogens is 2. The quantitative estimate of drug-likeness (QED) is 0.417. The normalized spacial score (nSPS) is 11.3. The minimum atomic E-state index is 0.176. The van der Waals surface area contributed by atoms with Crippen molar-refractivity contribution in [1.29, 1.82) is 0 Å². The second-order valence-electron chi connectivity index (χ2n) is 4.05. The second kappa shape index (κ2) is 5.07. The van der Waals surface area contributed by atoms with Gasteiger partial charge in [0.25, 0.3) is 0 Å². The van der Waals surface area contributed by atoms with E-state index in [2.05, 4.69) is 4.98 Å². The number of rotatable bonds is 4. The van der Waals surface area contributed by atoms with E-state index in [1.807, 2.05) is 37.3 Å². The monoisotopic (exact) mass is 276 g/mol. The Hall–Kier alpha value is -1.78. The van der Waals surface area contributed by atoms with E-state index in [0.717, 1.165) is 21.8 Å². The Balaban J connectivity index is 2.25. The molecule has 0 amide bonds. The number of halogens is 1. The molecule has 0 N–H and O–H groups in total. The van der Waals surface area contributed by atoms with Crippen LogP contribution in [0.5, 0.6) is 0 Å². The summed E-state index contributed by atoms with van der Waals surface area (Å²) in [5.41, 5.74) is 1.72. The molecule has 5 heteroatoms. The Morgan fingerprint density at radius 3 is 2.89 bits per heavy atom. The van der Waals surface area contributed by atoms with Gasteiger partial charge in [0.15, 0.2) is 5.15 Å². The van der Waals surface area contributed by atoms with Gasteiger partial charge >= 0.3 is 0 Å². The largest absolute Gasteiger partial charge is 0.384 e. The van der Waals surface area contributed by atoms with Gasteiger partial charge in [-0.1, -0.05) is 29.8 Å². The zero-order chi connectivity index (χ0) is 13.2. The molecule has 2 heterocycles. The molecule has 0 fully saturated rings. The molecule has 0 saturated carbocycles. The summed E-state index contributed by atoms with van der Waals surface area (Å²) in [5.74, 6) is 0. The van der Waals surface area contributed by atoms with Crippen LogP contribution in [0.2, 0.25) is 5.15 Å². The van der Waals surface area contributed by atoms with Crippen molar-refractivity contribution in [3.63, 3.8) is 0 Å². The number of nitrogens with zero attached hydrogens (tertiary/aromatic N) is 2. The van der Waals surface area contributed by atoms with Crippen molar-refractivity contribution >= 4 is 33.4 Å². The van der Waals surface area contributed by atoms with Crippen molar-refractivity contribution in [3.8, 4) is 0 Å². The molecule has 3 rings (SSSR count). The summed E-state index contributed by atoms with van der Waals surface area (Å²) < 4.78 is 6.93. The fourth-order valence-electron chi connectivity index (χ4n) is 2.15. The molecule has 2 aromatic heterocycles. The van der Waals surface area contributed by atoms with E-state index in [9.17, 15) is 0 Å². The van der Waals surface area contributed by atoms with Crippen LogP contribution in [0.25, 0.3) is 21.8 Å². The fourth-order valence-corrected chi connectivity index (χ4v) is 2.38. The van der Waals surface area contributed by atoms with E-state index in [1.54, 1.807) is 10.9 Å². The van der Waals surface area contributed by atoms with Crippen LogP contribution in [-0.2, 0) is 4.74 Å². The van der Waals surface area contributed by atoms with Crippen LogP contribution in [0, 0.1) is 0 Å². The third kappa shape index (κ3) is 2.03. The Morgan fingerprint density at radius 2 is 2.05 bits per heavy atom. The Bertz CT molecular complexity index is 724. The highest BCUT2D eigenvalue weighted by atomic mass is 35.5. The van der Waals surface area contributed by atoms with Gasteiger partial charge < -0.3 is 9.57 Å². The number of pyridine rings is 1. The first-order valence-corrected chi connectivity index (χ1v) is 6.45. The molecule has 0 saturated heterocycles. The Kier molecular flexibility index (Phi) is 3.27. The fraction of sp³-hybridized carbons (Fsp3) is 0.214. The third-order valence-electron chi connectivity index (χ3n) is 2.96. The summed E-state index contributed by atoms with van der Waals surface area (Å²) in [6.07, 6.45) is 1.70. The van der Waals surface area contributed by atoms with Crippen molar-refractivity contribution < 1.29 is 9.57 Å². The predicted molar refractivity (Wildman–Crippen MR) is 75.3 cm³/mol. The smallest absolute Gasteiger partial charge is 0.214 e. The molecule has 0 aliphatic carbocycles. The summed E-state index contributed by atoms with van der Waals surface area (Å²) in [6.45, 7) is 2.70. The average molecular weight is 277 g/mol. The predicted octanol–water partition coefficient (Wildman–Crippen LogP) is 3.27. The van der Waals surface area contributed by atoms with E-state index in [1.165, 1.54) is 0 Å². The first kappa shape index (κ1) is 12.3. The summed E-state index contributed by atoms with van der Waals surface area (Å²) in [7, 11) is 0. The Morgan fingerprint density at radius 1 is 1.21 bits per heavy atom. The first-order valence-electron chi connectivity index (χ1n) is 6.07. The lowest BCUT2D eigenvalue weighted by Crippen LogP contribution is -2.15. The van der Waals surface area contributed by atoms with Gasteiger partial charge in [0, 0.05) is 23.6 Å². The standard InChI is InChI=1S/C14H13ClN2O2/c1-2-18-9-19-17-12-6-4-3-5-10(12)11-7-8-16-14(15)13(11)17/h3-8H,2,9H2,1H3. The topological polar surface area (TPSA) is 36.3 Å². The van der Waals surface area contributed by atoms with Gasteiger partial charge in [-0.3, -0.25) is 0 Å². The lowest BCUT2D eigenvalue weighted by atomic mass is 10.2. The lowest BCUT2D eigenvalue weighted by molar-refractivity contribution is -0.0475. The van der Waals surface area contributed by atoms with Crippen molar-refractivity contribution in [3.05, 3.63) is 41.7 Å². The maximum atomic E-state index is 6.19. The van der Waals surface area contributed by atoms with Gasteiger partial charge in [0.05, 0.1) is 5.52 Å². The number of ether oxygens (including phenoxy) is 1.